The van der Waals surface area contributed by atoms with Gasteiger partial charge in [-0.25, -0.2) is 18.4 Å². The highest BCUT2D eigenvalue weighted by atomic mass is 19.1. The van der Waals surface area contributed by atoms with Crippen LogP contribution in [0.1, 0.15) is 59.8 Å². The molecule has 6 amide bonds. The van der Waals surface area contributed by atoms with E-state index in [1.54, 1.807) is 19.2 Å². The summed E-state index contributed by atoms with van der Waals surface area (Å²) < 4.78 is 35.8. The number of likely N-dealkylation sites (tertiary alicyclic amines) is 1. The predicted molar refractivity (Wildman–Crippen MR) is 161 cm³/mol. The van der Waals surface area contributed by atoms with Gasteiger partial charge in [-0.1, -0.05) is 24.3 Å². The quantitative estimate of drug-likeness (QED) is 0.228. The van der Waals surface area contributed by atoms with Gasteiger partial charge < -0.3 is 15.2 Å². The number of hydrogen-bond acceptors (Lipinski definition) is 11. The smallest absolute Gasteiger partial charge is 0.349 e. The van der Waals surface area contributed by atoms with Gasteiger partial charge in [0.1, 0.15) is 34.0 Å². The Labute approximate surface area is 280 Å². The summed E-state index contributed by atoms with van der Waals surface area (Å²) in [5, 5.41) is 2.10. The maximum Gasteiger partial charge on any atom is 0.349 e. The largest absolute Gasteiger partial charge is 0.497 e. The van der Waals surface area contributed by atoms with E-state index in [0.717, 1.165) is 28.3 Å². The van der Waals surface area contributed by atoms with E-state index in [-0.39, 0.29) is 53.0 Å². The van der Waals surface area contributed by atoms with E-state index in [1.165, 1.54) is 29.2 Å². The van der Waals surface area contributed by atoms with Crippen LogP contribution < -0.4 is 15.8 Å². The van der Waals surface area contributed by atoms with Crippen molar-refractivity contribution in [3.8, 4) is 5.75 Å². The van der Waals surface area contributed by atoms with E-state index < -0.39 is 64.2 Å². The lowest BCUT2D eigenvalue weighted by molar-refractivity contribution is -0.142. The van der Waals surface area contributed by atoms with E-state index in [0.29, 0.717) is 6.42 Å². The standard InChI is InChI=1S/C13H7FN2O4.C13H14N2O3.C8H3FO3/c14-7-3-1-2-5-8(7)11(19)16(10(5)18)13-4-6(13)9(17)15-12(13)20;1-18-9-4-2-8(3-5-9)7-15-11(16)10-6-13(10,14)12(15)17;9-5-3-1-2-4-6(5)8(11)12-7(4)10/h1-3,6H,4H2,(H,15,17,20);2-5,10H,6-7,14H2,1H3;1-3H. The fourth-order valence-electron chi connectivity index (χ4n) is 6.59. The molecule has 3 aromatic carbocycles. The molecule has 9 rings (SSSR count). The Morgan fingerprint density at radius 3 is 1.98 bits per heavy atom. The van der Waals surface area contributed by atoms with Gasteiger partial charge in [0, 0.05) is 0 Å². The molecule has 254 valence electrons. The van der Waals surface area contributed by atoms with Gasteiger partial charge in [0.05, 0.1) is 42.2 Å². The first kappa shape index (κ1) is 32.4. The van der Waals surface area contributed by atoms with Crippen LogP contribution in [-0.4, -0.2) is 75.4 Å². The van der Waals surface area contributed by atoms with Gasteiger partial charge in [-0.2, -0.15) is 0 Å². The van der Waals surface area contributed by atoms with E-state index in [2.05, 4.69) is 10.1 Å². The van der Waals surface area contributed by atoms with Crippen molar-refractivity contribution in [3.63, 3.8) is 0 Å². The Hall–Kier alpha value is -6.16. The summed E-state index contributed by atoms with van der Waals surface area (Å²) in [7, 11) is 1.59. The van der Waals surface area contributed by atoms with Crippen molar-refractivity contribution in [1.82, 2.24) is 15.1 Å². The number of cyclic esters (lactones) is 2. The molecule has 2 aliphatic carbocycles. The van der Waals surface area contributed by atoms with Crippen molar-refractivity contribution < 1.29 is 56.6 Å². The van der Waals surface area contributed by atoms with Crippen molar-refractivity contribution in [1.29, 1.82) is 0 Å². The van der Waals surface area contributed by atoms with Crippen LogP contribution in [0.4, 0.5) is 8.78 Å². The van der Waals surface area contributed by atoms with Gasteiger partial charge in [-0.15, -0.1) is 0 Å². The fourth-order valence-corrected chi connectivity index (χ4v) is 6.59. The number of ether oxygens (including phenoxy) is 2. The number of nitrogens with zero attached hydrogens (tertiary/aromatic N) is 2. The molecule has 4 unspecified atom stereocenters. The Morgan fingerprint density at radius 2 is 1.46 bits per heavy atom. The van der Waals surface area contributed by atoms with Crippen LogP contribution in [0, 0.1) is 23.5 Å². The number of nitrogens with two attached hydrogens (primary N) is 1. The van der Waals surface area contributed by atoms with Crippen molar-refractivity contribution in [2.24, 2.45) is 17.6 Å². The number of amides is 6. The average molecular weight is 687 g/mol. The van der Waals surface area contributed by atoms with Crippen molar-refractivity contribution in [2.45, 2.75) is 30.5 Å². The molecule has 0 spiro atoms. The molecule has 50 heavy (non-hydrogen) atoms. The van der Waals surface area contributed by atoms with Crippen LogP contribution in [0.5, 0.6) is 5.75 Å². The predicted octanol–water partition coefficient (Wildman–Crippen LogP) is 1.25. The number of hydrogen-bond donors (Lipinski definition) is 2. The number of esters is 2. The summed E-state index contributed by atoms with van der Waals surface area (Å²) in [6, 6.07) is 14.8. The molecule has 0 radical (unpaired) electrons. The Morgan fingerprint density at radius 1 is 0.820 bits per heavy atom. The molecule has 4 aliphatic heterocycles. The molecule has 2 saturated heterocycles. The van der Waals surface area contributed by atoms with Crippen LogP contribution in [0.3, 0.4) is 0 Å². The number of rotatable bonds is 4. The van der Waals surface area contributed by atoms with Gasteiger partial charge in [-0.3, -0.25) is 43.9 Å². The van der Waals surface area contributed by atoms with E-state index in [9.17, 15) is 47.1 Å². The topological polar surface area (TPSA) is 200 Å². The van der Waals surface area contributed by atoms with Gasteiger partial charge in [0.25, 0.3) is 17.7 Å². The molecule has 2 saturated carbocycles. The minimum Gasteiger partial charge on any atom is -0.497 e. The third-order valence-corrected chi connectivity index (χ3v) is 9.47. The summed E-state index contributed by atoms with van der Waals surface area (Å²) in [5.74, 6) is -6.58. The van der Waals surface area contributed by atoms with Gasteiger partial charge in [0.15, 0.2) is 0 Å². The molecule has 4 heterocycles. The molecular weight excluding hydrogens is 662 g/mol. The first-order chi connectivity index (χ1) is 23.7. The fraction of sp³-hybridized carbons (Fsp3) is 0.235. The minimum absolute atomic E-state index is 0.000000000000000444. The van der Waals surface area contributed by atoms with E-state index >= 15 is 0 Å². The van der Waals surface area contributed by atoms with Crippen molar-refractivity contribution in [3.05, 3.63) is 100 Å². The third-order valence-electron chi connectivity index (χ3n) is 9.47. The zero-order valence-electron chi connectivity index (χ0n) is 25.9. The molecular formula is C34H24F2N4O10. The lowest BCUT2D eigenvalue weighted by Crippen LogP contribution is -2.49. The van der Waals surface area contributed by atoms with Crippen LogP contribution >= 0.6 is 0 Å². The molecule has 3 N–H and O–H groups in total. The number of nitrogens with one attached hydrogen (secondary N) is 1. The molecule has 3 aromatic rings. The number of carbonyl (C=O) groups excluding carboxylic acids is 8. The number of fused-ring (bicyclic) bond motifs is 4. The maximum absolute atomic E-state index is 13.7. The second-order valence-corrected chi connectivity index (χ2v) is 12.3. The summed E-state index contributed by atoms with van der Waals surface area (Å²) in [6.45, 7) is 0.289. The van der Waals surface area contributed by atoms with Crippen LogP contribution in [-0.2, 0) is 30.5 Å². The van der Waals surface area contributed by atoms with Crippen molar-refractivity contribution in [2.75, 3.05) is 7.11 Å². The van der Waals surface area contributed by atoms with Crippen LogP contribution in [0.15, 0.2) is 60.7 Å². The second-order valence-electron chi connectivity index (χ2n) is 12.3. The molecule has 6 aliphatic rings. The molecule has 0 bridgehead atoms. The summed E-state index contributed by atoms with van der Waals surface area (Å²) >= 11 is 0. The lowest BCUT2D eigenvalue weighted by atomic mass is 10.1. The SMILES string of the molecule is COc1ccc(CN2C(=O)C3CC3(N)C2=O)cc1.O=C1NC(=O)C2(N3C(=O)c4cccc(F)c4C3=O)CC12.O=C1OC(=O)c2c(F)cccc21. The summed E-state index contributed by atoms with van der Waals surface area (Å²) in [6.07, 6.45) is 0.620. The van der Waals surface area contributed by atoms with Crippen LogP contribution in [0.25, 0.3) is 0 Å². The number of carbonyl (C=O) groups is 8. The minimum atomic E-state index is -1.45. The highest BCUT2D eigenvalue weighted by Crippen LogP contribution is 2.54. The molecule has 16 heteroatoms. The van der Waals surface area contributed by atoms with Gasteiger partial charge in [-0.05, 0) is 54.8 Å². The van der Waals surface area contributed by atoms with Gasteiger partial charge in [0.2, 0.25) is 17.7 Å². The number of benzene rings is 3. The van der Waals surface area contributed by atoms with Crippen molar-refractivity contribution >= 4 is 47.4 Å². The van der Waals surface area contributed by atoms with E-state index in [1.807, 2.05) is 12.1 Å². The second kappa shape index (κ2) is 11.2. The first-order valence-corrected chi connectivity index (χ1v) is 15.1. The molecule has 0 aromatic heterocycles. The normalized spacial score (nSPS) is 26.2. The monoisotopic (exact) mass is 686 g/mol. The molecule has 4 fully saturated rings. The summed E-state index contributed by atoms with van der Waals surface area (Å²) in [4.78, 5) is 95.4. The highest BCUT2D eigenvalue weighted by molar-refractivity contribution is 6.27. The lowest BCUT2D eigenvalue weighted by Gasteiger charge is -2.21. The zero-order valence-corrected chi connectivity index (χ0v) is 25.9. The number of halogens is 2. The van der Waals surface area contributed by atoms with E-state index in [4.69, 9.17) is 10.5 Å². The Bertz CT molecular complexity index is 2120. The highest BCUT2D eigenvalue weighted by Gasteiger charge is 2.75. The Kier molecular flexibility index (Phi) is 7.25. The molecule has 4 atom stereocenters. The zero-order chi connectivity index (χ0) is 35.9. The summed E-state index contributed by atoms with van der Waals surface area (Å²) in [5.41, 5.74) is 3.73. The third kappa shape index (κ3) is 4.70. The number of piperidine rings is 2. The van der Waals surface area contributed by atoms with Crippen LogP contribution in [0.2, 0.25) is 0 Å². The number of imide groups is 3. The Balaban J connectivity index is 0.000000121. The van der Waals surface area contributed by atoms with Gasteiger partial charge >= 0.3 is 11.9 Å². The number of methoxy groups -OCH3 is 1. The molecule has 14 nitrogen and oxygen atoms in total. The first-order valence-electron chi connectivity index (χ1n) is 15.1. The average Bonchev–Trinajstić information content (AvgIpc) is 3.91. The maximum atomic E-state index is 13.7.